The van der Waals surface area contributed by atoms with Crippen LogP contribution in [0.4, 0.5) is 0 Å². The molecular formula is C34H38BN3O2. The molecule has 2 aromatic carbocycles. The highest BCUT2D eigenvalue weighted by molar-refractivity contribution is 6.31. The predicted molar refractivity (Wildman–Crippen MR) is 166 cm³/mol. The highest BCUT2D eigenvalue weighted by atomic mass is 16.5. The summed E-state index contributed by atoms with van der Waals surface area (Å²) >= 11 is 0. The second-order valence-electron chi connectivity index (χ2n) is 11.9. The zero-order valence-corrected chi connectivity index (χ0v) is 24.1. The van der Waals surface area contributed by atoms with E-state index in [0.717, 1.165) is 40.9 Å². The molecule has 0 saturated carbocycles. The largest absolute Gasteiger partial charge is 0.431 e. The number of aromatic nitrogens is 3. The minimum absolute atomic E-state index is 0.229. The summed E-state index contributed by atoms with van der Waals surface area (Å²) in [5.74, 6) is 2.76. The van der Waals surface area contributed by atoms with Gasteiger partial charge in [0.25, 0.3) is 7.48 Å². The van der Waals surface area contributed by atoms with E-state index in [-0.39, 0.29) is 5.82 Å². The zero-order valence-electron chi connectivity index (χ0n) is 24.1. The van der Waals surface area contributed by atoms with E-state index >= 15 is 0 Å². The third-order valence-electron chi connectivity index (χ3n) is 8.02. The van der Waals surface area contributed by atoms with Gasteiger partial charge in [0.05, 0.1) is 11.2 Å². The van der Waals surface area contributed by atoms with Crippen LogP contribution in [0.5, 0.6) is 0 Å². The Morgan fingerprint density at radius 3 is 2.10 bits per heavy atom. The molecule has 3 aromatic rings. The van der Waals surface area contributed by atoms with Gasteiger partial charge in [0.1, 0.15) is 0 Å². The maximum absolute atomic E-state index is 10.5. The van der Waals surface area contributed by atoms with Crippen molar-refractivity contribution in [1.82, 2.24) is 15.0 Å². The molecule has 1 heterocycles. The number of rotatable bonds is 8. The van der Waals surface area contributed by atoms with Crippen LogP contribution in [0.25, 0.3) is 33.9 Å². The molecule has 0 bridgehead atoms. The van der Waals surface area contributed by atoms with Gasteiger partial charge < -0.3 is 9.76 Å². The van der Waals surface area contributed by atoms with Crippen molar-refractivity contribution in [3.63, 3.8) is 0 Å². The van der Waals surface area contributed by atoms with Crippen LogP contribution < -0.4 is 0 Å². The first-order valence-corrected chi connectivity index (χ1v) is 14.1. The molecule has 204 valence electrons. The van der Waals surface area contributed by atoms with E-state index in [1.807, 2.05) is 44.2 Å². The summed E-state index contributed by atoms with van der Waals surface area (Å²) in [6.45, 7) is 9.67. The summed E-state index contributed by atoms with van der Waals surface area (Å²) in [4.78, 5) is 14.8. The van der Waals surface area contributed by atoms with Crippen molar-refractivity contribution >= 4 is 18.6 Å². The lowest BCUT2D eigenvalue weighted by molar-refractivity contribution is -0.0907. The summed E-state index contributed by atoms with van der Waals surface area (Å²) in [7, 11) is 0.545. The van der Waals surface area contributed by atoms with Crippen LogP contribution in [0, 0.1) is 5.92 Å². The van der Waals surface area contributed by atoms with Crippen LogP contribution in [-0.4, -0.2) is 38.7 Å². The fourth-order valence-corrected chi connectivity index (χ4v) is 4.80. The molecule has 0 radical (unpaired) electrons. The number of benzene rings is 2. The third-order valence-corrected chi connectivity index (χ3v) is 8.02. The van der Waals surface area contributed by atoms with Gasteiger partial charge in [-0.25, -0.2) is 15.0 Å². The summed E-state index contributed by atoms with van der Waals surface area (Å²) in [6.07, 6.45) is 14.7. The van der Waals surface area contributed by atoms with Crippen molar-refractivity contribution in [2.45, 2.75) is 64.5 Å². The Hall–Kier alpha value is -3.61. The molecule has 1 N–H and O–H groups in total. The van der Waals surface area contributed by atoms with Gasteiger partial charge in [-0.05, 0) is 75.0 Å². The molecule has 2 atom stereocenters. The van der Waals surface area contributed by atoms with E-state index in [4.69, 9.17) is 19.6 Å². The first-order chi connectivity index (χ1) is 19.1. The molecule has 40 heavy (non-hydrogen) atoms. The second-order valence-corrected chi connectivity index (χ2v) is 11.9. The standard InChI is InChI=1S/C34H38BN3O2/c1-23-12-9-17-27(20-23)31-36-30(24-13-7-6-8-14-24)37-32(38-31)28-18-10-15-25(21-28)26-16-11-19-29(22-26)35-40-34(4,5)33(2,3)39/h6-19,21,23,29,35,39H,20,22H2,1-5H3. The van der Waals surface area contributed by atoms with Crippen LogP contribution in [0.2, 0.25) is 5.82 Å². The monoisotopic (exact) mass is 531 g/mol. The predicted octanol–water partition coefficient (Wildman–Crippen LogP) is 7.23. The minimum atomic E-state index is -0.928. The van der Waals surface area contributed by atoms with Crippen molar-refractivity contribution in [1.29, 1.82) is 0 Å². The highest BCUT2D eigenvalue weighted by Gasteiger charge is 2.36. The second kappa shape index (κ2) is 11.5. The lowest BCUT2D eigenvalue weighted by Gasteiger charge is -2.38. The van der Waals surface area contributed by atoms with Crippen molar-refractivity contribution in [3.8, 4) is 22.8 Å². The van der Waals surface area contributed by atoms with E-state index in [9.17, 15) is 5.11 Å². The summed E-state index contributed by atoms with van der Waals surface area (Å²) in [5, 5.41) is 10.5. The fourth-order valence-electron chi connectivity index (χ4n) is 4.80. The van der Waals surface area contributed by atoms with E-state index in [2.05, 4.69) is 67.6 Å². The molecule has 2 aliphatic rings. The first kappa shape index (κ1) is 27.9. The summed E-state index contributed by atoms with van der Waals surface area (Å²) in [5.41, 5.74) is 3.88. The number of hydrogen-bond donors (Lipinski definition) is 1. The summed E-state index contributed by atoms with van der Waals surface area (Å²) < 4.78 is 6.18. The smallest absolute Gasteiger partial charge is 0.283 e. The van der Waals surface area contributed by atoms with Gasteiger partial charge in [-0.15, -0.1) is 0 Å². The average molecular weight is 532 g/mol. The molecule has 0 amide bonds. The Morgan fingerprint density at radius 1 is 0.750 bits per heavy atom. The number of hydrogen-bond acceptors (Lipinski definition) is 5. The molecule has 2 unspecified atom stereocenters. The average Bonchev–Trinajstić information content (AvgIpc) is 2.96. The zero-order chi connectivity index (χ0) is 28.3. The Bertz CT molecular complexity index is 1480. The molecular weight excluding hydrogens is 493 g/mol. The molecule has 0 spiro atoms. The molecule has 5 rings (SSSR count). The van der Waals surface area contributed by atoms with E-state index < -0.39 is 11.2 Å². The SMILES string of the molecule is CC1C=CC=C(c2nc(-c3ccccc3)nc(-c3cccc(C4=CC=CC(BOC(C)(C)C(C)(C)O)C4)c3)n2)C1. The maximum Gasteiger partial charge on any atom is 0.283 e. The van der Waals surface area contributed by atoms with E-state index in [1.54, 1.807) is 13.8 Å². The number of aliphatic hydroxyl groups is 1. The lowest BCUT2D eigenvalue weighted by Crippen LogP contribution is -2.48. The van der Waals surface area contributed by atoms with Gasteiger partial charge in [0.15, 0.2) is 17.5 Å². The Labute approximate surface area is 238 Å². The van der Waals surface area contributed by atoms with Gasteiger partial charge in [0, 0.05) is 11.1 Å². The molecule has 5 nitrogen and oxygen atoms in total. The van der Waals surface area contributed by atoms with E-state index in [0.29, 0.717) is 25.0 Å². The van der Waals surface area contributed by atoms with Gasteiger partial charge in [-0.3, -0.25) is 0 Å². The Morgan fingerprint density at radius 2 is 1.38 bits per heavy atom. The Kier molecular flexibility index (Phi) is 8.02. The summed E-state index contributed by atoms with van der Waals surface area (Å²) in [6, 6.07) is 18.6. The minimum Gasteiger partial charge on any atom is -0.431 e. The molecule has 6 heteroatoms. The van der Waals surface area contributed by atoms with Crippen LogP contribution in [-0.2, 0) is 4.65 Å². The molecule has 2 aliphatic carbocycles. The fraction of sp³-hybridized carbons (Fsp3) is 0.324. The van der Waals surface area contributed by atoms with Crippen LogP contribution in [0.15, 0.2) is 91.1 Å². The van der Waals surface area contributed by atoms with Gasteiger partial charge in [-0.1, -0.05) is 91.9 Å². The third kappa shape index (κ3) is 6.40. The quantitative estimate of drug-likeness (QED) is 0.311. The normalized spacial score (nSPS) is 19.2. The molecule has 0 aliphatic heterocycles. The highest BCUT2D eigenvalue weighted by Crippen LogP contribution is 2.34. The van der Waals surface area contributed by atoms with Crippen molar-refractivity contribution in [2.75, 3.05) is 0 Å². The number of allylic oxidation sites excluding steroid dienone is 8. The topological polar surface area (TPSA) is 68.1 Å². The number of nitrogens with zero attached hydrogens (tertiary/aromatic N) is 3. The Balaban J connectivity index is 1.43. The maximum atomic E-state index is 10.5. The van der Waals surface area contributed by atoms with Crippen molar-refractivity contribution < 1.29 is 9.76 Å². The molecule has 1 aromatic heterocycles. The van der Waals surface area contributed by atoms with Crippen LogP contribution in [0.3, 0.4) is 0 Å². The van der Waals surface area contributed by atoms with E-state index in [1.165, 1.54) is 5.57 Å². The van der Waals surface area contributed by atoms with Gasteiger partial charge in [-0.2, -0.15) is 0 Å². The lowest BCUT2D eigenvalue weighted by atomic mass is 9.71. The van der Waals surface area contributed by atoms with Gasteiger partial charge in [0.2, 0.25) is 0 Å². The van der Waals surface area contributed by atoms with Crippen molar-refractivity contribution in [2.24, 2.45) is 5.92 Å². The molecule has 0 fully saturated rings. The van der Waals surface area contributed by atoms with Crippen LogP contribution >= 0.6 is 0 Å². The molecule has 0 saturated heterocycles. The van der Waals surface area contributed by atoms with Crippen LogP contribution in [0.1, 0.15) is 58.8 Å². The van der Waals surface area contributed by atoms with Gasteiger partial charge >= 0.3 is 0 Å². The first-order valence-electron chi connectivity index (χ1n) is 14.1. The van der Waals surface area contributed by atoms with Crippen molar-refractivity contribution in [3.05, 3.63) is 102 Å².